The molecule has 186 valence electrons. The largest absolute Gasteiger partial charge is 0.493 e. The summed E-state index contributed by atoms with van der Waals surface area (Å²) in [4.78, 5) is 62.7. The molecule has 0 saturated carbocycles. The van der Waals surface area contributed by atoms with E-state index >= 15 is 0 Å². The van der Waals surface area contributed by atoms with Gasteiger partial charge in [0.15, 0.2) is 11.5 Å². The van der Waals surface area contributed by atoms with Crippen LogP contribution in [0.15, 0.2) is 12.1 Å². The van der Waals surface area contributed by atoms with Gasteiger partial charge in [-0.2, -0.15) is 12.6 Å². The molecule has 2 atom stereocenters. The average Bonchev–Trinajstić information content (AvgIpc) is 2.84. The fraction of sp³-hybridized carbons (Fsp3) is 0.476. The highest BCUT2D eigenvalue weighted by molar-refractivity contribution is 7.80. The molecule has 0 unspecified atom stereocenters. The van der Waals surface area contributed by atoms with Crippen molar-refractivity contribution in [3.8, 4) is 17.2 Å². The number of nitrogens with zero attached hydrogens (tertiary/aromatic N) is 1. The zero-order valence-electron chi connectivity index (χ0n) is 19.2. The third-order valence-corrected chi connectivity index (χ3v) is 5.41. The number of hydrogen-bond donors (Lipinski definition) is 3. The van der Waals surface area contributed by atoms with Crippen LogP contribution in [0.4, 0.5) is 0 Å². The molecule has 0 aliphatic carbocycles. The van der Waals surface area contributed by atoms with Crippen molar-refractivity contribution < 1.29 is 42.9 Å². The quantitative estimate of drug-likeness (QED) is 0.222. The van der Waals surface area contributed by atoms with Gasteiger partial charge in [0, 0.05) is 17.7 Å². The van der Waals surface area contributed by atoms with Gasteiger partial charge < -0.3 is 29.6 Å². The van der Waals surface area contributed by atoms with Crippen LogP contribution in [0.5, 0.6) is 17.2 Å². The van der Waals surface area contributed by atoms with Gasteiger partial charge in [-0.15, -0.1) is 0 Å². The summed E-state index contributed by atoms with van der Waals surface area (Å²) < 4.78 is 20.3. The number of carbonyl (C=O) groups excluding carboxylic acids is 5. The minimum absolute atomic E-state index is 0.0340. The van der Waals surface area contributed by atoms with E-state index in [9.17, 15) is 24.0 Å². The van der Waals surface area contributed by atoms with E-state index in [1.165, 1.54) is 33.5 Å². The van der Waals surface area contributed by atoms with Gasteiger partial charge in [-0.25, -0.2) is 4.79 Å². The highest BCUT2D eigenvalue weighted by atomic mass is 32.1. The van der Waals surface area contributed by atoms with Gasteiger partial charge in [0.25, 0.3) is 11.8 Å². The number of ether oxygens (including phenoxy) is 4. The number of hydrogen-bond acceptors (Lipinski definition) is 10. The van der Waals surface area contributed by atoms with Gasteiger partial charge in [0.1, 0.15) is 18.6 Å². The van der Waals surface area contributed by atoms with E-state index < -0.39 is 48.2 Å². The maximum Gasteiger partial charge on any atom is 0.329 e. The van der Waals surface area contributed by atoms with Crippen molar-refractivity contribution in [1.29, 1.82) is 0 Å². The molecule has 0 radical (unpaired) electrons. The first kappa shape index (κ1) is 26.8. The summed E-state index contributed by atoms with van der Waals surface area (Å²) in [7, 11) is 5.38. The molecule has 13 heteroatoms. The van der Waals surface area contributed by atoms with Crippen molar-refractivity contribution >= 4 is 42.2 Å². The smallest absolute Gasteiger partial charge is 0.329 e. The zero-order valence-corrected chi connectivity index (χ0v) is 20.1. The van der Waals surface area contributed by atoms with Crippen molar-refractivity contribution in [1.82, 2.24) is 15.5 Å². The summed E-state index contributed by atoms with van der Waals surface area (Å²) in [6, 6.07) is 0.764. The first-order valence-electron chi connectivity index (χ1n) is 10.1. The Labute approximate surface area is 201 Å². The molecule has 1 aromatic carbocycles. The summed E-state index contributed by atoms with van der Waals surface area (Å²) in [5.74, 6) is -2.63. The van der Waals surface area contributed by atoms with Crippen LogP contribution in [0.1, 0.15) is 23.2 Å². The first-order valence-corrected chi connectivity index (χ1v) is 10.8. The van der Waals surface area contributed by atoms with Gasteiger partial charge in [0.05, 0.1) is 28.4 Å². The van der Waals surface area contributed by atoms with Gasteiger partial charge in [-0.05, 0) is 18.6 Å². The molecular formula is C21H27N3O9S. The summed E-state index contributed by atoms with van der Waals surface area (Å²) in [5, 5.41) is 4.94. The van der Waals surface area contributed by atoms with E-state index in [0.29, 0.717) is 5.75 Å². The summed E-state index contributed by atoms with van der Waals surface area (Å²) in [6.07, 6.45) is -0.000401. The summed E-state index contributed by atoms with van der Waals surface area (Å²) in [5.41, 5.74) is 0.137. The molecule has 12 nitrogen and oxygen atoms in total. The molecule has 0 spiro atoms. The summed E-state index contributed by atoms with van der Waals surface area (Å²) in [6.45, 7) is -0.616. The second-order valence-electron chi connectivity index (χ2n) is 7.12. The van der Waals surface area contributed by atoms with Crippen molar-refractivity contribution in [3.63, 3.8) is 0 Å². The molecule has 1 fully saturated rings. The Morgan fingerprint density at radius 3 is 2.21 bits per heavy atom. The van der Waals surface area contributed by atoms with Crippen molar-refractivity contribution in [2.75, 3.05) is 40.7 Å². The zero-order chi connectivity index (χ0) is 25.4. The van der Waals surface area contributed by atoms with E-state index in [1.54, 1.807) is 0 Å². The molecule has 0 aromatic heterocycles. The summed E-state index contributed by atoms with van der Waals surface area (Å²) >= 11 is 3.98. The number of amides is 4. The molecule has 1 aromatic rings. The van der Waals surface area contributed by atoms with Crippen LogP contribution in [0.3, 0.4) is 0 Å². The Kier molecular flexibility index (Phi) is 9.54. The minimum Gasteiger partial charge on any atom is -0.493 e. The van der Waals surface area contributed by atoms with E-state index in [-0.39, 0.29) is 35.7 Å². The van der Waals surface area contributed by atoms with E-state index in [0.717, 1.165) is 12.0 Å². The lowest BCUT2D eigenvalue weighted by molar-refractivity contribution is -0.152. The molecule has 0 bridgehead atoms. The number of rotatable bonds is 10. The lowest BCUT2D eigenvalue weighted by Crippen LogP contribution is -2.57. The Balaban J connectivity index is 2.14. The normalized spacial score (nSPS) is 16.4. The Morgan fingerprint density at radius 1 is 1.09 bits per heavy atom. The lowest BCUT2D eigenvalue weighted by atomic mass is 10.0. The third-order valence-electron chi connectivity index (χ3n) is 5.05. The van der Waals surface area contributed by atoms with Gasteiger partial charge in [-0.3, -0.25) is 24.1 Å². The third kappa shape index (κ3) is 6.10. The second-order valence-corrected chi connectivity index (χ2v) is 7.49. The van der Waals surface area contributed by atoms with Crippen molar-refractivity contribution in [2.45, 2.75) is 24.9 Å². The fourth-order valence-electron chi connectivity index (χ4n) is 3.30. The van der Waals surface area contributed by atoms with Crippen LogP contribution in [-0.4, -0.2) is 87.3 Å². The van der Waals surface area contributed by atoms with E-state index in [2.05, 4.69) is 28.0 Å². The molecule has 1 aliphatic rings. The van der Waals surface area contributed by atoms with Gasteiger partial charge >= 0.3 is 5.97 Å². The second kappa shape index (κ2) is 12.1. The standard InChI is InChI=1S/C21H27N3O9S/c1-30-14-7-11(8-15(31-2)18(14)32-3)19(27)23-12-5-6-17(26)24(20(12)28)9-16(25)22-13(10-34)21(29)33-4/h7-8,12-13,34H,5-6,9-10H2,1-4H3,(H,22,25)(H,23,27)/t12-,13-/m0/s1. The number of nitrogens with one attached hydrogen (secondary N) is 2. The van der Waals surface area contributed by atoms with Crippen LogP contribution in [0, 0.1) is 0 Å². The van der Waals surface area contributed by atoms with Crippen LogP contribution >= 0.6 is 12.6 Å². The predicted octanol–water partition coefficient (Wildman–Crippen LogP) is -0.453. The Morgan fingerprint density at radius 2 is 1.71 bits per heavy atom. The molecule has 1 aliphatic heterocycles. The Hall–Kier alpha value is -3.48. The maximum absolute atomic E-state index is 12.9. The number of esters is 1. The number of methoxy groups -OCH3 is 4. The number of imide groups is 1. The topological polar surface area (TPSA) is 150 Å². The van der Waals surface area contributed by atoms with Crippen molar-refractivity contribution in [2.24, 2.45) is 0 Å². The van der Waals surface area contributed by atoms with E-state index in [1.807, 2.05) is 0 Å². The van der Waals surface area contributed by atoms with Gasteiger partial charge in [-0.1, -0.05) is 0 Å². The highest BCUT2D eigenvalue weighted by Crippen LogP contribution is 2.38. The van der Waals surface area contributed by atoms with Crippen molar-refractivity contribution in [3.05, 3.63) is 17.7 Å². The fourth-order valence-corrected chi connectivity index (χ4v) is 3.54. The SMILES string of the molecule is COC(=O)[C@H](CS)NC(=O)CN1C(=O)CC[C@H](NC(=O)c2cc(OC)c(OC)c(OC)c2)C1=O. The minimum atomic E-state index is -1.04. The molecular weight excluding hydrogens is 470 g/mol. The average molecular weight is 498 g/mol. The number of carbonyl (C=O) groups is 5. The van der Waals surface area contributed by atoms with Crippen LogP contribution in [-0.2, 0) is 23.9 Å². The van der Waals surface area contributed by atoms with Crippen LogP contribution in [0.2, 0.25) is 0 Å². The van der Waals surface area contributed by atoms with Crippen LogP contribution < -0.4 is 24.8 Å². The molecule has 2 N–H and O–H groups in total. The predicted molar refractivity (Wildman–Crippen MR) is 121 cm³/mol. The Bertz CT molecular complexity index is 944. The van der Waals surface area contributed by atoms with Gasteiger partial charge in [0.2, 0.25) is 17.6 Å². The molecule has 2 rings (SSSR count). The monoisotopic (exact) mass is 497 g/mol. The van der Waals surface area contributed by atoms with Crippen LogP contribution in [0.25, 0.3) is 0 Å². The first-order chi connectivity index (χ1) is 16.2. The maximum atomic E-state index is 12.9. The highest BCUT2D eigenvalue weighted by Gasteiger charge is 2.37. The molecule has 34 heavy (non-hydrogen) atoms. The number of piperidine rings is 1. The molecule has 1 saturated heterocycles. The van der Waals surface area contributed by atoms with E-state index in [4.69, 9.17) is 14.2 Å². The number of thiol groups is 1. The molecule has 4 amide bonds. The number of likely N-dealkylation sites (tertiary alicyclic amines) is 1. The number of benzene rings is 1. The lowest BCUT2D eigenvalue weighted by Gasteiger charge is -2.31. The molecule has 1 heterocycles.